The minimum absolute atomic E-state index is 0.183. The highest BCUT2D eigenvalue weighted by atomic mass is 19.1. The fraction of sp³-hybridized carbons (Fsp3) is 0.238. The van der Waals surface area contributed by atoms with E-state index in [-0.39, 0.29) is 17.8 Å². The van der Waals surface area contributed by atoms with E-state index in [1.165, 1.54) is 6.07 Å². The number of nitrogens with two attached hydrogens (primary N) is 1. The maximum Gasteiger partial charge on any atom is 0.204 e. The minimum Gasteiger partial charge on any atom is -0.384 e. The second-order valence-electron chi connectivity index (χ2n) is 7.78. The zero-order valence-electron chi connectivity index (χ0n) is 16.4. The molecule has 3 aromatic heterocycles. The second-order valence-corrected chi connectivity index (χ2v) is 7.78. The van der Waals surface area contributed by atoms with Gasteiger partial charge in [-0.25, -0.2) is 19.0 Å². The Morgan fingerprint density at radius 2 is 1.86 bits per heavy atom. The van der Waals surface area contributed by atoms with Crippen LogP contribution in [0.15, 0.2) is 53.1 Å². The van der Waals surface area contributed by atoms with Crippen LogP contribution in [0.3, 0.4) is 0 Å². The zero-order valence-corrected chi connectivity index (χ0v) is 16.4. The topological polar surface area (TPSA) is 95.7 Å². The van der Waals surface area contributed by atoms with Crippen LogP contribution in [-0.4, -0.2) is 24.9 Å². The van der Waals surface area contributed by atoms with Crippen molar-refractivity contribution in [1.29, 1.82) is 0 Å². The molecule has 0 saturated heterocycles. The van der Waals surface area contributed by atoms with E-state index in [0.29, 0.717) is 34.5 Å². The van der Waals surface area contributed by atoms with Crippen molar-refractivity contribution in [2.24, 2.45) is 0 Å². The van der Waals surface area contributed by atoms with E-state index in [4.69, 9.17) is 10.3 Å². The Morgan fingerprint density at radius 3 is 2.55 bits per heavy atom. The van der Waals surface area contributed by atoms with Gasteiger partial charge < -0.3 is 10.3 Å². The third-order valence-corrected chi connectivity index (χ3v) is 4.45. The van der Waals surface area contributed by atoms with Crippen molar-refractivity contribution < 1.29 is 8.91 Å². The van der Waals surface area contributed by atoms with Gasteiger partial charge in [0.1, 0.15) is 17.3 Å². The Labute approximate surface area is 167 Å². The number of benzene rings is 1. The molecule has 0 amide bonds. The zero-order chi connectivity index (χ0) is 20.6. The third-order valence-electron chi connectivity index (χ3n) is 4.45. The van der Waals surface area contributed by atoms with Gasteiger partial charge in [-0.1, -0.05) is 50.2 Å². The molecule has 0 aliphatic carbocycles. The second kappa shape index (κ2) is 7.12. The molecule has 0 fully saturated rings. The molecule has 0 aliphatic heterocycles. The van der Waals surface area contributed by atoms with Gasteiger partial charge in [0.05, 0.1) is 12.2 Å². The van der Waals surface area contributed by atoms with E-state index in [1.807, 2.05) is 26.8 Å². The molecule has 0 spiro atoms. The molecule has 0 saturated carbocycles. The molecule has 4 rings (SSSR count). The first-order valence-electron chi connectivity index (χ1n) is 9.20. The number of aromatic nitrogens is 5. The van der Waals surface area contributed by atoms with E-state index in [9.17, 15) is 4.39 Å². The molecule has 7 nitrogen and oxygen atoms in total. The predicted molar refractivity (Wildman–Crippen MR) is 107 cm³/mol. The fourth-order valence-corrected chi connectivity index (χ4v) is 2.84. The quantitative estimate of drug-likeness (QED) is 0.563. The minimum atomic E-state index is -0.314. The molecular formula is C21H21FN6O. The van der Waals surface area contributed by atoms with Crippen LogP contribution in [0, 0.1) is 5.82 Å². The van der Waals surface area contributed by atoms with Crippen LogP contribution in [0.25, 0.3) is 23.1 Å². The van der Waals surface area contributed by atoms with Gasteiger partial charge in [0.2, 0.25) is 11.6 Å². The lowest BCUT2D eigenvalue weighted by Crippen LogP contribution is -2.11. The number of nitrogen functional groups attached to an aromatic ring is 1. The molecule has 0 aliphatic rings. The highest BCUT2D eigenvalue weighted by molar-refractivity contribution is 5.57. The fourth-order valence-electron chi connectivity index (χ4n) is 2.84. The molecule has 0 atom stereocenters. The largest absolute Gasteiger partial charge is 0.384 e. The highest BCUT2D eigenvalue weighted by Crippen LogP contribution is 2.28. The average molecular weight is 392 g/mol. The summed E-state index contributed by atoms with van der Waals surface area (Å²) in [5.41, 5.74) is 7.41. The van der Waals surface area contributed by atoms with Crippen LogP contribution < -0.4 is 5.73 Å². The number of halogens is 1. The first kappa shape index (κ1) is 18.8. The van der Waals surface area contributed by atoms with Crippen LogP contribution in [0.4, 0.5) is 10.2 Å². The van der Waals surface area contributed by atoms with E-state index in [0.717, 1.165) is 5.69 Å². The SMILES string of the molecule is CC(C)(C)c1cc(-c2nc(-c3cccc(N)n3)nn2Cc2ccccc2F)on1. The van der Waals surface area contributed by atoms with Crippen molar-refractivity contribution in [3.8, 4) is 23.1 Å². The summed E-state index contributed by atoms with van der Waals surface area (Å²) in [7, 11) is 0. The van der Waals surface area contributed by atoms with Gasteiger partial charge in [-0.2, -0.15) is 0 Å². The average Bonchev–Trinajstić information content (AvgIpc) is 3.30. The molecule has 0 bridgehead atoms. The lowest BCUT2D eigenvalue weighted by Gasteiger charge is -2.12. The third kappa shape index (κ3) is 3.87. The Kier molecular flexibility index (Phi) is 4.62. The number of anilines is 1. The number of nitrogens with zero attached hydrogens (tertiary/aromatic N) is 5. The lowest BCUT2D eigenvalue weighted by atomic mass is 9.92. The van der Waals surface area contributed by atoms with Gasteiger partial charge in [-0.15, -0.1) is 5.10 Å². The van der Waals surface area contributed by atoms with Crippen molar-refractivity contribution in [2.45, 2.75) is 32.7 Å². The van der Waals surface area contributed by atoms with Crippen LogP contribution in [0.5, 0.6) is 0 Å². The smallest absolute Gasteiger partial charge is 0.204 e. The van der Waals surface area contributed by atoms with Crippen molar-refractivity contribution in [3.63, 3.8) is 0 Å². The summed E-state index contributed by atoms with van der Waals surface area (Å²) in [5, 5.41) is 8.70. The predicted octanol–water partition coefficient (Wildman–Crippen LogP) is 4.06. The van der Waals surface area contributed by atoms with E-state index in [2.05, 4.69) is 20.2 Å². The van der Waals surface area contributed by atoms with Crippen LogP contribution >= 0.6 is 0 Å². The Bertz CT molecular complexity index is 1160. The van der Waals surface area contributed by atoms with E-state index >= 15 is 0 Å². The summed E-state index contributed by atoms with van der Waals surface area (Å²) in [4.78, 5) is 8.87. The van der Waals surface area contributed by atoms with E-state index < -0.39 is 0 Å². The maximum atomic E-state index is 14.2. The summed E-state index contributed by atoms with van der Waals surface area (Å²) >= 11 is 0. The van der Waals surface area contributed by atoms with Crippen molar-refractivity contribution in [2.75, 3.05) is 5.73 Å². The number of rotatable bonds is 4. The standard InChI is InChI=1S/C21H21FN6O/c1-21(2,3)17-11-16(29-27-17)20-25-19(15-9-6-10-18(23)24-15)26-28(20)12-13-7-4-5-8-14(13)22/h4-11H,12H2,1-3H3,(H2,23,24). The number of pyridine rings is 1. The molecule has 4 aromatic rings. The molecule has 29 heavy (non-hydrogen) atoms. The number of hydrogen-bond acceptors (Lipinski definition) is 6. The van der Waals surface area contributed by atoms with Crippen molar-refractivity contribution >= 4 is 5.82 Å². The van der Waals surface area contributed by atoms with E-state index in [1.54, 1.807) is 41.1 Å². The summed E-state index contributed by atoms with van der Waals surface area (Å²) in [6.45, 7) is 6.31. The van der Waals surface area contributed by atoms with Gasteiger partial charge in [-0.3, -0.25) is 0 Å². The first-order valence-corrected chi connectivity index (χ1v) is 9.20. The molecule has 8 heteroatoms. The van der Waals surface area contributed by atoms with Crippen molar-refractivity contribution in [3.05, 3.63) is 65.6 Å². The summed E-state index contributed by atoms with van der Waals surface area (Å²) < 4.78 is 21.4. The lowest BCUT2D eigenvalue weighted by molar-refractivity contribution is 0.398. The molecule has 2 N–H and O–H groups in total. The molecular weight excluding hydrogens is 371 g/mol. The summed E-state index contributed by atoms with van der Waals surface area (Å²) in [6.07, 6.45) is 0. The molecule has 0 unspecified atom stereocenters. The van der Waals surface area contributed by atoms with Crippen LogP contribution in [-0.2, 0) is 12.0 Å². The summed E-state index contributed by atoms with van der Waals surface area (Å²) in [6, 6.07) is 13.6. The highest BCUT2D eigenvalue weighted by Gasteiger charge is 2.23. The maximum absolute atomic E-state index is 14.2. The van der Waals surface area contributed by atoms with Crippen LogP contribution in [0.2, 0.25) is 0 Å². The monoisotopic (exact) mass is 392 g/mol. The van der Waals surface area contributed by atoms with Gasteiger partial charge in [-0.05, 0) is 18.2 Å². The van der Waals surface area contributed by atoms with Crippen molar-refractivity contribution in [1.82, 2.24) is 24.9 Å². The molecule has 0 radical (unpaired) electrons. The van der Waals surface area contributed by atoms with Gasteiger partial charge in [0.25, 0.3) is 0 Å². The van der Waals surface area contributed by atoms with Gasteiger partial charge in [0, 0.05) is 17.0 Å². The summed E-state index contributed by atoms with van der Waals surface area (Å²) in [5.74, 6) is 1.32. The van der Waals surface area contributed by atoms with Gasteiger partial charge in [0.15, 0.2) is 5.82 Å². The molecule has 3 heterocycles. The molecule has 148 valence electrons. The number of hydrogen-bond donors (Lipinski definition) is 1. The van der Waals surface area contributed by atoms with Crippen LogP contribution in [0.1, 0.15) is 32.0 Å². The first-order chi connectivity index (χ1) is 13.8. The molecule has 1 aromatic carbocycles. The Morgan fingerprint density at radius 1 is 1.07 bits per heavy atom. The normalized spacial score (nSPS) is 11.7. The Hall–Kier alpha value is -3.55. The Balaban J connectivity index is 1.81. The van der Waals surface area contributed by atoms with Gasteiger partial charge >= 0.3 is 0 Å².